The van der Waals surface area contributed by atoms with Gasteiger partial charge in [-0.25, -0.2) is 9.59 Å². The monoisotopic (exact) mass is 321 g/mol. The van der Waals surface area contributed by atoms with Crippen molar-refractivity contribution in [1.29, 1.82) is 0 Å². The van der Waals surface area contributed by atoms with E-state index in [2.05, 4.69) is 4.74 Å². The summed E-state index contributed by atoms with van der Waals surface area (Å²) in [6.45, 7) is 6.86. The van der Waals surface area contributed by atoms with Crippen molar-refractivity contribution < 1.29 is 23.9 Å². The van der Waals surface area contributed by atoms with E-state index in [1.165, 1.54) is 19.1 Å². The number of hydrogen-bond acceptors (Lipinski definition) is 5. The summed E-state index contributed by atoms with van der Waals surface area (Å²) in [5.74, 6) is -0.468. The zero-order valence-corrected chi connectivity index (χ0v) is 14.4. The molecular weight excluding hydrogens is 298 g/mol. The maximum atomic E-state index is 12.2. The summed E-state index contributed by atoms with van der Waals surface area (Å²) in [6, 6.07) is 6.32. The average molecular weight is 321 g/mol. The molecule has 1 rings (SSSR count). The quantitative estimate of drug-likeness (QED) is 0.630. The lowest BCUT2D eigenvalue weighted by atomic mass is 9.91. The number of methoxy groups -OCH3 is 1. The van der Waals surface area contributed by atoms with Gasteiger partial charge in [0, 0.05) is 7.05 Å². The fraction of sp³-hybridized carbons (Fsp3) is 0.471. The second-order valence-corrected chi connectivity index (χ2v) is 6.37. The zero-order chi connectivity index (χ0) is 17.8. The predicted molar refractivity (Wildman–Crippen MR) is 85.2 cm³/mol. The van der Waals surface area contributed by atoms with E-state index in [9.17, 15) is 14.4 Å². The molecule has 0 bridgehead atoms. The maximum Gasteiger partial charge on any atom is 0.411 e. The van der Waals surface area contributed by atoms with Crippen LogP contribution in [-0.2, 0) is 19.8 Å². The van der Waals surface area contributed by atoms with E-state index in [-0.39, 0.29) is 0 Å². The van der Waals surface area contributed by atoms with Gasteiger partial charge in [0.25, 0.3) is 0 Å². The van der Waals surface area contributed by atoms with Gasteiger partial charge in [0.15, 0.2) is 0 Å². The molecule has 1 amide bonds. The summed E-state index contributed by atoms with van der Waals surface area (Å²) in [5, 5.41) is 0. The van der Waals surface area contributed by atoms with Crippen LogP contribution in [0.1, 0.15) is 43.6 Å². The van der Waals surface area contributed by atoms with Crippen molar-refractivity contribution in [2.24, 2.45) is 0 Å². The molecular formula is C17H23NO5. The predicted octanol–water partition coefficient (Wildman–Crippen LogP) is 2.75. The van der Waals surface area contributed by atoms with Crippen LogP contribution in [0.2, 0.25) is 0 Å². The molecule has 6 heteroatoms. The Morgan fingerprint density at radius 2 is 1.61 bits per heavy atom. The fourth-order valence-corrected chi connectivity index (χ4v) is 1.92. The lowest BCUT2D eigenvalue weighted by molar-refractivity contribution is -0.117. The summed E-state index contributed by atoms with van der Waals surface area (Å²) in [5.41, 5.74) is -0.946. The third-order valence-corrected chi connectivity index (χ3v) is 3.48. The third-order valence-electron chi connectivity index (χ3n) is 3.48. The van der Waals surface area contributed by atoms with E-state index < -0.39 is 23.2 Å². The highest BCUT2D eigenvalue weighted by Crippen LogP contribution is 2.27. The van der Waals surface area contributed by atoms with E-state index in [1.54, 1.807) is 52.0 Å². The van der Waals surface area contributed by atoms with Gasteiger partial charge in [-0.1, -0.05) is 12.1 Å². The molecule has 0 aliphatic heterocycles. The number of amides is 1. The molecule has 6 nitrogen and oxygen atoms in total. The Morgan fingerprint density at radius 1 is 1.09 bits per heavy atom. The molecule has 0 heterocycles. The minimum atomic E-state index is -1.21. The number of likely N-dealkylation sites (N-methyl/N-ethyl adjacent to an activating group) is 1. The summed E-state index contributed by atoms with van der Waals surface area (Å²) < 4.78 is 9.94. The Labute approximate surface area is 136 Å². The molecule has 0 aliphatic rings. The van der Waals surface area contributed by atoms with Gasteiger partial charge < -0.3 is 14.3 Å². The van der Waals surface area contributed by atoms with Crippen LogP contribution in [0.3, 0.4) is 0 Å². The Kier molecular flexibility index (Phi) is 5.53. The maximum absolute atomic E-state index is 12.2. The topological polar surface area (TPSA) is 72.9 Å². The van der Waals surface area contributed by atoms with Crippen molar-refractivity contribution in [2.75, 3.05) is 14.2 Å². The van der Waals surface area contributed by atoms with Gasteiger partial charge in [-0.05, 0) is 45.4 Å². The molecule has 23 heavy (non-hydrogen) atoms. The van der Waals surface area contributed by atoms with E-state index in [0.717, 1.165) is 0 Å². The molecule has 0 aliphatic carbocycles. The molecule has 126 valence electrons. The van der Waals surface area contributed by atoms with Crippen molar-refractivity contribution in [2.45, 2.75) is 38.8 Å². The molecule has 1 unspecified atom stereocenters. The van der Waals surface area contributed by atoms with Crippen LogP contribution in [-0.4, -0.2) is 43.0 Å². The normalized spacial score (nSPS) is 13.7. The minimum Gasteiger partial charge on any atom is -0.465 e. The lowest BCUT2D eigenvalue weighted by Gasteiger charge is -2.35. The van der Waals surface area contributed by atoms with Gasteiger partial charge in [0.05, 0.1) is 12.7 Å². The van der Waals surface area contributed by atoms with Crippen molar-refractivity contribution in [3.63, 3.8) is 0 Å². The van der Waals surface area contributed by atoms with Crippen LogP contribution < -0.4 is 0 Å². The second-order valence-electron chi connectivity index (χ2n) is 6.37. The van der Waals surface area contributed by atoms with Gasteiger partial charge >= 0.3 is 12.1 Å². The number of esters is 1. The van der Waals surface area contributed by atoms with E-state index >= 15 is 0 Å². The first-order valence-corrected chi connectivity index (χ1v) is 7.17. The van der Waals surface area contributed by atoms with Crippen LogP contribution >= 0.6 is 0 Å². The van der Waals surface area contributed by atoms with Crippen molar-refractivity contribution in [3.8, 4) is 0 Å². The third kappa shape index (κ3) is 4.31. The molecule has 0 fully saturated rings. The first-order chi connectivity index (χ1) is 10.5. The van der Waals surface area contributed by atoms with E-state index in [0.29, 0.717) is 17.4 Å². The Bertz CT molecular complexity index is 588. The molecule has 0 radical (unpaired) electrons. The van der Waals surface area contributed by atoms with Crippen LogP contribution in [0.5, 0.6) is 0 Å². The van der Waals surface area contributed by atoms with E-state index in [1.807, 2.05) is 0 Å². The number of hydrogen-bond donors (Lipinski definition) is 0. The summed E-state index contributed by atoms with van der Waals surface area (Å²) in [6.07, 6.45) is 0.0634. The van der Waals surface area contributed by atoms with Crippen LogP contribution in [0.4, 0.5) is 4.79 Å². The molecule has 1 aromatic rings. The van der Waals surface area contributed by atoms with Crippen LogP contribution in [0.25, 0.3) is 0 Å². The van der Waals surface area contributed by atoms with Crippen LogP contribution in [0, 0.1) is 0 Å². The molecule has 0 spiro atoms. The minimum absolute atomic E-state index is 0.365. The number of nitrogens with zero attached hydrogens (tertiary/aromatic N) is 1. The zero-order valence-electron chi connectivity index (χ0n) is 14.4. The SMILES string of the molecule is COC(=O)c1ccc(C(C)(C=O)N(C)C(=O)OC(C)(C)C)cc1. The highest BCUT2D eigenvalue weighted by molar-refractivity contribution is 5.89. The fourth-order valence-electron chi connectivity index (χ4n) is 1.92. The number of carbonyl (C=O) groups is 3. The molecule has 1 atom stereocenters. The summed E-state index contributed by atoms with van der Waals surface area (Å²) in [7, 11) is 2.79. The average Bonchev–Trinajstić information content (AvgIpc) is 2.51. The number of rotatable bonds is 4. The summed E-state index contributed by atoms with van der Waals surface area (Å²) in [4.78, 5) is 36.6. The standard InChI is InChI=1S/C17H23NO5/c1-16(2,3)23-15(21)18(5)17(4,11-19)13-9-7-12(8-10-13)14(20)22-6/h7-11H,1-6H3. The van der Waals surface area contributed by atoms with Gasteiger partial charge in [0.1, 0.15) is 17.4 Å². The lowest BCUT2D eigenvalue weighted by Crippen LogP contribution is -2.48. The van der Waals surface area contributed by atoms with Gasteiger partial charge in [-0.15, -0.1) is 0 Å². The molecule has 1 aromatic carbocycles. The highest BCUT2D eigenvalue weighted by atomic mass is 16.6. The van der Waals surface area contributed by atoms with E-state index in [4.69, 9.17) is 4.74 Å². The molecule has 0 N–H and O–H groups in total. The number of aldehydes is 1. The Balaban J connectivity index is 3.11. The Morgan fingerprint density at radius 3 is 2.00 bits per heavy atom. The van der Waals surface area contributed by atoms with Crippen molar-refractivity contribution in [3.05, 3.63) is 35.4 Å². The van der Waals surface area contributed by atoms with Crippen molar-refractivity contribution >= 4 is 18.3 Å². The van der Waals surface area contributed by atoms with Gasteiger partial charge in [-0.3, -0.25) is 4.90 Å². The van der Waals surface area contributed by atoms with Gasteiger partial charge in [-0.2, -0.15) is 0 Å². The first-order valence-electron chi connectivity index (χ1n) is 7.17. The number of benzene rings is 1. The number of ether oxygens (including phenoxy) is 2. The van der Waals surface area contributed by atoms with Crippen LogP contribution in [0.15, 0.2) is 24.3 Å². The molecule has 0 aromatic heterocycles. The van der Waals surface area contributed by atoms with Crippen molar-refractivity contribution in [1.82, 2.24) is 4.90 Å². The Hall–Kier alpha value is -2.37. The molecule has 0 saturated heterocycles. The highest BCUT2D eigenvalue weighted by Gasteiger charge is 2.36. The second kappa shape index (κ2) is 6.81. The number of carbonyl (C=O) groups excluding carboxylic acids is 3. The smallest absolute Gasteiger partial charge is 0.411 e. The largest absolute Gasteiger partial charge is 0.465 e. The summed E-state index contributed by atoms with van der Waals surface area (Å²) >= 11 is 0. The molecule has 0 saturated carbocycles. The first kappa shape index (κ1) is 18.7. The van der Waals surface area contributed by atoms with Gasteiger partial charge in [0.2, 0.25) is 0 Å².